The molecule has 20 heavy (non-hydrogen) atoms. The average Bonchev–Trinajstić information content (AvgIpc) is 2.39. The lowest BCUT2D eigenvalue weighted by Gasteiger charge is -2.21. The minimum absolute atomic E-state index is 0.102. The molecule has 1 aromatic carbocycles. The second-order valence-corrected chi connectivity index (χ2v) is 6.24. The van der Waals surface area contributed by atoms with Crippen molar-refractivity contribution in [2.24, 2.45) is 5.73 Å². The molecule has 0 fully saturated rings. The molecule has 106 valence electrons. The Hall–Kier alpha value is -1.39. The molecule has 1 unspecified atom stereocenters. The number of benzene rings is 1. The molecule has 5 heteroatoms. The second kappa shape index (κ2) is 5.94. The number of hydrogen-bond acceptors (Lipinski definition) is 3. The lowest BCUT2D eigenvalue weighted by Crippen LogP contribution is -2.15. The summed E-state index contributed by atoms with van der Waals surface area (Å²) >= 11 is 8.24. The lowest BCUT2D eigenvalue weighted by molar-refractivity contribution is 1.04. The molecule has 0 bridgehead atoms. The summed E-state index contributed by atoms with van der Waals surface area (Å²) in [6.07, 6.45) is 7.53. The fourth-order valence-corrected chi connectivity index (χ4v) is 3.40. The first-order valence-electron chi connectivity index (χ1n) is 6.30. The van der Waals surface area contributed by atoms with Crippen LogP contribution in [-0.4, -0.2) is 17.3 Å². The molecular weight excluding hydrogens is 290 g/mol. The maximum Gasteiger partial charge on any atom is 0.126 e. The summed E-state index contributed by atoms with van der Waals surface area (Å²) in [7, 11) is 0. The summed E-state index contributed by atoms with van der Waals surface area (Å²) in [5, 5.41) is 8.59. The Morgan fingerprint density at radius 3 is 2.70 bits per heavy atom. The van der Waals surface area contributed by atoms with Crippen LogP contribution in [0.1, 0.15) is 24.5 Å². The summed E-state index contributed by atoms with van der Waals surface area (Å²) in [5.41, 5.74) is 15.5. The van der Waals surface area contributed by atoms with Crippen LogP contribution in [-0.2, 0) is 0 Å². The summed E-state index contributed by atoms with van der Waals surface area (Å²) in [6, 6.07) is 3.65. The van der Waals surface area contributed by atoms with E-state index in [1.807, 2.05) is 17.8 Å². The van der Waals surface area contributed by atoms with E-state index in [4.69, 9.17) is 28.5 Å². The normalized spacial score (nSPS) is 18.4. The van der Waals surface area contributed by atoms with Crippen molar-refractivity contribution in [3.8, 4) is 0 Å². The number of rotatable bonds is 3. The van der Waals surface area contributed by atoms with Crippen molar-refractivity contribution < 1.29 is 0 Å². The van der Waals surface area contributed by atoms with Crippen LogP contribution in [0.3, 0.4) is 0 Å². The minimum Gasteiger partial charge on any atom is -0.398 e. The average molecular weight is 308 g/mol. The summed E-state index contributed by atoms with van der Waals surface area (Å²) < 4.78 is 0. The van der Waals surface area contributed by atoms with Gasteiger partial charge in [-0.3, -0.25) is 5.41 Å². The van der Waals surface area contributed by atoms with Gasteiger partial charge < -0.3 is 11.5 Å². The smallest absolute Gasteiger partial charge is 0.126 e. The molecule has 0 spiro atoms. The summed E-state index contributed by atoms with van der Waals surface area (Å²) in [5.74, 6) is -0.102. The Morgan fingerprint density at radius 1 is 1.45 bits per heavy atom. The molecule has 0 aromatic heterocycles. The molecule has 0 aliphatic heterocycles. The number of allylic oxidation sites excluding steroid dienone is 3. The van der Waals surface area contributed by atoms with Gasteiger partial charge >= 0.3 is 0 Å². The largest absolute Gasteiger partial charge is 0.398 e. The van der Waals surface area contributed by atoms with E-state index >= 15 is 0 Å². The van der Waals surface area contributed by atoms with Crippen molar-refractivity contribution in [3.63, 3.8) is 0 Å². The third-order valence-electron chi connectivity index (χ3n) is 3.45. The molecule has 1 aromatic rings. The van der Waals surface area contributed by atoms with Gasteiger partial charge in [0.15, 0.2) is 0 Å². The molecule has 1 aliphatic rings. The van der Waals surface area contributed by atoms with Crippen LogP contribution in [0.15, 0.2) is 29.9 Å². The zero-order valence-electron chi connectivity index (χ0n) is 11.5. The zero-order valence-corrected chi connectivity index (χ0v) is 13.1. The van der Waals surface area contributed by atoms with Crippen LogP contribution in [0.5, 0.6) is 0 Å². The van der Waals surface area contributed by atoms with E-state index in [1.54, 1.807) is 6.07 Å². The molecule has 2 rings (SSSR count). The number of halogens is 1. The highest BCUT2D eigenvalue weighted by Crippen LogP contribution is 2.37. The van der Waals surface area contributed by atoms with Crippen molar-refractivity contribution in [1.29, 1.82) is 5.41 Å². The Bertz CT molecular complexity index is 620. The molecule has 1 atom stereocenters. The first-order chi connectivity index (χ1) is 9.45. The van der Waals surface area contributed by atoms with E-state index in [0.717, 1.165) is 17.6 Å². The van der Waals surface area contributed by atoms with Crippen molar-refractivity contribution in [3.05, 3.63) is 46.0 Å². The van der Waals surface area contributed by atoms with Crippen LogP contribution < -0.4 is 11.5 Å². The molecule has 0 amide bonds. The Balaban J connectivity index is 2.50. The van der Waals surface area contributed by atoms with Gasteiger partial charge in [-0.1, -0.05) is 29.8 Å². The van der Waals surface area contributed by atoms with Crippen LogP contribution in [0.4, 0.5) is 5.69 Å². The van der Waals surface area contributed by atoms with Crippen LogP contribution in [0, 0.1) is 5.41 Å². The highest BCUT2D eigenvalue weighted by atomic mass is 35.5. The number of amidine groups is 1. The van der Waals surface area contributed by atoms with Crippen molar-refractivity contribution in [2.45, 2.75) is 18.6 Å². The monoisotopic (exact) mass is 307 g/mol. The highest BCUT2D eigenvalue weighted by molar-refractivity contribution is 7.99. The van der Waals surface area contributed by atoms with Crippen molar-refractivity contribution in [1.82, 2.24) is 0 Å². The number of nitrogens with one attached hydrogen (secondary N) is 1. The molecule has 0 heterocycles. The second-order valence-electron chi connectivity index (χ2n) is 4.78. The maximum atomic E-state index is 7.62. The minimum atomic E-state index is -0.102. The van der Waals surface area contributed by atoms with Gasteiger partial charge in [0.1, 0.15) is 5.84 Å². The predicted molar refractivity (Wildman–Crippen MR) is 90.5 cm³/mol. The van der Waals surface area contributed by atoms with Crippen LogP contribution >= 0.6 is 23.4 Å². The number of nitrogens with two attached hydrogens (primary N) is 2. The van der Waals surface area contributed by atoms with Crippen molar-refractivity contribution >= 4 is 40.5 Å². The van der Waals surface area contributed by atoms with E-state index in [0.29, 0.717) is 21.5 Å². The molecule has 0 radical (unpaired) electrons. The van der Waals surface area contributed by atoms with Gasteiger partial charge in [-0.2, -0.15) is 11.8 Å². The fourth-order valence-electron chi connectivity index (χ4n) is 2.39. The highest BCUT2D eigenvalue weighted by Gasteiger charge is 2.19. The first-order valence-corrected chi connectivity index (χ1v) is 7.96. The molecule has 0 saturated heterocycles. The quantitative estimate of drug-likeness (QED) is 0.453. The Kier molecular flexibility index (Phi) is 4.45. The first kappa shape index (κ1) is 15.0. The maximum absolute atomic E-state index is 7.62. The number of nitrogen functional groups attached to an aromatic ring is 2. The van der Waals surface area contributed by atoms with E-state index in [-0.39, 0.29) is 5.84 Å². The third-order valence-corrected chi connectivity index (χ3v) is 4.78. The molecular formula is C15H18ClN3S. The van der Waals surface area contributed by atoms with Gasteiger partial charge in [0, 0.05) is 16.5 Å². The van der Waals surface area contributed by atoms with E-state index < -0.39 is 0 Å². The standard InChI is InChI=1S/C15H18ClN3S/c1-8-7-9(20-2)3-4-10(8)11-5-6-12(17)13(14(11)16)15(18)19/h4-7,9H,3,17H2,1-2H3,(H3,18,19). The van der Waals surface area contributed by atoms with Gasteiger partial charge in [0.2, 0.25) is 0 Å². The van der Waals surface area contributed by atoms with Crippen molar-refractivity contribution in [2.75, 3.05) is 12.0 Å². The van der Waals surface area contributed by atoms with E-state index in [1.165, 1.54) is 5.57 Å². The van der Waals surface area contributed by atoms with Gasteiger partial charge in [0.25, 0.3) is 0 Å². The molecule has 0 saturated carbocycles. The van der Waals surface area contributed by atoms with E-state index in [9.17, 15) is 0 Å². The number of hydrogen-bond donors (Lipinski definition) is 3. The summed E-state index contributed by atoms with van der Waals surface area (Å²) in [4.78, 5) is 0. The van der Waals surface area contributed by atoms with Gasteiger partial charge in [-0.15, -0.1) is 0 Å². The predicted octanol–water partition coefficient (Wildman–Crippen LogP) is 3.67. The number of thioether (sulfide) groups is 1. The zero-order chi connectivity index (χ0) is 14.9. The fraction of sp³-hybridized carbons (Fsp3) is 0.267. The molecule has 5 N–H and O–H groups in total. The molecule has 1 aliphatic carbocycles. The summed E-state index contributed by atoms with van der Waals surface area (Å²) in [6.45, 7) is 2.08. The Labute approximate surface area is 128 Å². The van der Waals surface area contributed by atoms with Gasteiger partial charge in [-0.25, -0.2) is 0 Å². The van der Waals surface area contributed by atoms with Gasteiger partial charge in [0.05, 0.1) is 10.6 Å². The Morgan fingerprint density at radius 2 is 2.15 bits per heavy atom. The SMILES string of the molecule is CSC1C=C(C)C(c2ccc(N)c(C(=N)N)c2Cl)=CC1. The lowest BCUT2D eigenvalue weighted by atomic mass is 9.91. The third kappa shape index (κ3) is 2.72. The van der Waals surface area contributed by atoms with Crippen LogP contribution in [0.2, 0.25) is 5.02 Å². The topological polar surface area (TPSA) is 75.9 Å². The van der Waals surface area contributed by atoms with Gasteiger partial charge in [-0.05, 0) is 36.8 Å². The van der Waals surface area contributed by atoms with E-state index in [2.05, 4.69) is 25.3 Å². The number of anilines is 1. The van der Waals surface area contributed by atoms with Crippen LogP contribution in [0.25, 0.3) is 5.57 Å². The molecule has 3 nitrogen and oxygen atoms in total.